The number of amides is 1. The third-order valence-electron chi connectivity index (χ3n) is 3.85. The Bertz CT molecular complexity index is 516. The smallest absolute Gasteiger partial charge is 0.260 e. The molecule has 0 saturated carbocycles. The Morgan fingerprint density at radius 2 is 2.19 bits per heavy atom. The highest BCUT2D eigenvalue weighted by atomic mass is 79.9. The molecule has 5 heteroatoms. The lowest BCUT2D eigenvalue weighted by atomic mass is 9.98. The summed E-state index contributed by atoms with van der Waals surface area (Å²) >= 11 is 3.44. The fraction of sp³-hybridized carbons (Fsp3) is 0.562. The number of hydrogen-bond acceptors (Lipinski definition) is 3. The van der Waals surface area contributed by atoms with Gasteiger partial charge >= 0.3 is 0 Å². The lowest BCUT2D eigenvalue weighted by Crippen LogP contribution is -2.36. The number of ether oxygens (including phenoxy) is 1. The molecular formula is C16H22BrNO3. The molecule has 1 amide bonds. The second-order valence-electron chi connectivity index (χ2n) is 5.95. The van der Waals surface area contributed by atoms with Gasteiger partial charge < -0.3 is 14.7 Å². The summed E-state index contributed by atoms with van der Waals surface area (Å²) < 4.78 is 6.45. The average molecular weight is 356 g/mol. The Hall–Kier alpha value is -1.07. The minimum absolute atomic E-state index is 0.0276. The van der Waals surface area contributed by atoms with E-state index in [1.54, 1.807) is 4.90 Å². The largest absolute Gasteiger partial charge is 0.483 e. The van der Waals surface area contributed by atoms with Crippen LogP contribution in [0, 0.1) is 6.92 Å². The van der Waals surface area contributed by atoms with Crippen molar-refractivity contribution in [3.63, 3.8) is 0 Å². The van der Waals surface area contributed by atoms with Gasteiger partial charge in [-0.05, 0) is 66.7 Å². The number of halogens is 1. The molecule has 1 aromatic carbocycles. The molecule has 0 aliphatic carbocycles. The molecule has 1 unspecified atom stereocenters. The van der Waals surface area contributed by atoms with Gasteiger partial charge in [-0.3, -0.25) is 4.79 Å². The summed E-state index contributed by atoms with van der Waals surface area (Å²) in [4.78, 5) is 14.0. The van der Waals surface area contributed by atoms with Crippen LogP contribution in [-0.4, -0.2) is 41.2 Å². The summed E-state index contributed by atoms with van der Waals surface area (Å²) in [5.41, 5.74) is 0.478. The van der Waals surface area contributed by atoms with Crippen molar-refractivity contribution in [3.8, 4) is 5.75 Å². The van der Waals surface area contributed by atoms with E-state index in [0.29, 0.717) is 25.3 Å². The molecule has 21 heavy (non-hydrogen) atoms. The van der Waals surface area contributed by atoms with Crippen LogP contribution in [0.1, 0.15) is 31.7 Å². The topological polar surface area (TPSA) is 49.8 Å². The number of aryl methyl sites for hydroxylation is 1. The number of aliphatic hydroxyl groups is 1. The summed E-state index contributed by atoms with van der Waals surface area (Å²) in [6, 6.07) is 5.77. The Morgan fingerprint density at radius 1 is 1.43 bits per heavy atom. The number of hydrogen-bond donors (Lipinski definition) is 1. The van der Waals surface area contributed by atoms with Crippen LogP contribution < -0.4 is 4.74 Å². The number of carbonyl (C=O) groups is 1. The van der Waals surface area contributed by atoms with Gasteiger partial charge in [0.05, 0.1) is 10.1 Å². The monoisotopic (exact) mass is 355 g/mol. The molecule has 116 valence electrons. The first kappa shape index (κ1) is 16.3. The maximum atomic E-state index is 12.2. The van der Waals surface area contributed by atoms with E-state index in [1.807, 2.05) is 32.0 Å². The maximum Gasteiger partial charge on any atom is 0.260 e. The van der Waals surface area contributed by atoms with E-state index in [0.717, 1.165) is 22.9 Å². The lowest BCUT2D eigenvalue weighted by molar-refractivity contribution is -0.133. The molecule has 1 saturated heterocycles. The van der Waals surface area contributed by atoms with Crippen molar-refractivity contribution in [2.45, 2.75) is 38.7 Å². The van der Waals surface area contributed by atoms with Gasteiger partial charge in [0.25, 0.3) is 5.91 Å². The summed E-state index contributed by atoms with van der Waals surface area (Å²) in [5.74, 6) is 0.649. The number of likely N-dealkylation sites (tertiary alicyclic amines) is 1. The van der Waals surface area contributed by atoms with E-state index in [2.05, 4.69) is 15.9 Å². The predicted molar refractivity (Wildman–Crippen MR) is 85.4 cm³/mol. The minimum atomic E-state index is -0.657. The second kappa shape index (κ2) is 6.79. The van der Waals surface area contributed by atoms with Crippen molar-refractivity contribution in [2.75, 3.05) is 19.7 Å². The highest BCUT2D eigenvalue weighted by Crippen LogP contribution is 2.26. The minimum Gasteiger partial charge on any atom is -0.483 e. The summed E-state index contributed by atoms with van der Waals surface area (Å²) in [7, 11) is 0. The quantitative estimate of drug-likeness (QED) is 0.906. The molecule has 1 aromatic rings. The van der Waals surface area contributed by atoms with Crippen LogP contribution in [-0.2, 0) is 4.79 Å². The van der Waals surface area contributed by atoms with Crippen LogP contribution in [0.3, 0.4) is 0 Å². The van der Waals surface area contributed by atoms with E-state index in [9.17, 15) is 9.90 Å². The van der Waals surface area contributed by atoms with Gasteiger partial charge in [0.1, 0.15) is 5.75 Å². The molecule has 1 heterocycles. The molecule has 4 nitrogen and oxygen atoms in total. The molecule has 0 radical (unpaired) electrons. The van der Waals surface area contributed by atoms with Crippen molar-refractivity contribution < 1.29 is 14.6 Å². The summed E-state index contributed by atoms with van der Waals surface area (Å²) in [6.07, 6.45) is 2.18. The van der Waals surface area contributed by atoms with E-state index < -0.39 is 5.60 Å². The molecule has 0 aromatic heterocycles. The van der Waals surface area contributed by atoms with Crippen molar-refractivity contribution in [3.05, 3.63) is 28.2 Å². The Balaban J connectivity index is 1.89. The Labute approximate surface area is 134 Å². The first-order valence-corrected chi connectivity index (χ1v) is 8.06. The zero-order valence-electron chi connectivity index (χ0n) is 12.6. The van der Waals surface area contributed by atoms with E-state index >= 15 is 0 Å². The summed E-state index contributed by atoms with van der Waals surface area (Å²) in [6.45, 7) is 5.14. The molecule has 0 spiro atoms. The van der Waals surface area contributed by atoms with Crippen molar-refractivity contribution in [1.82, 2.24) is 4.90 Å². The predicted octanol–water partition coefficient (Wildman–Crippen LogP) is 2.90. The number of carbonyl (C=O) groups excluding carboxylic acids is 1. The van der Waals surface area contributed by atoms with E-state index in [1.165, 1.54) is 0 Å². The third kappa shape index (κ3) is 4.71. The zero-order valence-corrected chi connectivity index (χ0v) is 14.1. The summed E-state index contributed by atoms with van der Waals surface area (Å²) in [5, 5.41) is 10.0. The zero-order chi connectivity index (χ0) is 15.5. The van der Waals surface area contributed by atoms with Gasteiger partial charge in [-0.1, -0.05) is 6.07 Å². The van der Waals surface area contributed by atoms with Gasteiger partial charge in [-0.25, -0.2) is 0 Å². The number of nitrogens with zero attached hydrogens (tertiary/aromatic N) is 1. The number of benzene rings is 1. The van der Waals surface area contributed by atoms with Crippen molar-refractivity contribution in [2.24, 2.45) is 0 Å². The molecule has 2 rings (SSSR count). The molecule has 1 N–H and O–H groups in total. The Morgan fingerprint density at radius 3 is 2.90 bits per heavy atom. The molecule has 1 aliphatic heterocycles. The molecule has 1 fully saturated rings. The van der Waals surface area contributed by atoms with Crippen molar-refractivity contribution >= 4 is 21.8 Å². The molecule has 1 atom stereocenters. The first-order valence-electron chi connectivity index (χ1n) is 7.26. The maximum absolute atomic E-state index is 12.2. The molecule has 0 bridgehead atoms. The lowest BCUT2D eigenvalue weighted by Gasteiger charge is -2.22. The average Bonchev–Trinajstić information content (AvgIpc) is 2.58. The van der Waals surface area contributed by atoms with Gasteiger partial charge in [0, 0.05) is 13.1 Å². The van der Waals surface area contributed by atoms with E-state index in [4.69, 9.17) is 4.74 Å². The third-order valence-corrected chi connectivity index (χ3v) is 4.47. The van der Waals surface area contributed by atoms with Crippen LogP contribution in [0.5, 0.6) is 5.75 Å². The van der Waals surface area contributed by atoms with Crippen LogP contribution in [0.25, 0.3) is 0 Å². The van der Waals surface area contributed by atoms with Crippen LogP contribution >= 0.6 is 15.9 Å². The van der Waals surface area contributed by atoms with Crippen LogP contribution in [0.15, 0.2) is 22.7 Å². The highest BCUT2D eigenvalue weighted by Gasteiger charge is 2.27. The number of rotatable bonds is 3. The molecular weight excluding hydrogens is 334 g/mol. The fourth-order valence-corrected chi connectivity index (χ4v) is 3.07. The standard InChI is InChI=1S/C16H22BrNO3/c1-12-4-5-14(13(17)10-12)21-11-15(19)18-8-3-6-16(2,20)7-9-18/h4-5,10,20H,3,6-9,11H2,1-2H3. The SMILES string of the molecule is Cc1ccc(OCC(=O)N2CCCC(C)(O)CC2)c(Br)c1. The highest BCUT2D eigenvalue weighted by molar-refractivity contribution is 9.10. The second-order valence-corrected chi connectivity index (χ2v) is 6.81. The van der Waals surface area contributed by atoms with Crippen LogP contribution in [0.4, 0.5) is 0 Å². The molecule has 1 aliphatic rings. The van der Waals surface area contributed by atoms with Gasteiger partial charge in [0.2, 0.25) is 0 Å². The van der Waals surface area contributed by atoms with E-state index in [-0.39, 0.29) is 12.5 Å². The van der Waals surface area contributed by atoms with Gasteiger partial charge in [-0.15, -0.1) is 0 Å². The fourth-order valence-electron chi connectivity index (χ4n) is 2.47. The normalized spacial score (nSPS) is 22.8. The van der Waals surface area contributed by atoms with Gasteiger partial charge in [-0.2, -0.15) is 0 Å². The Kier molecular flexibility index (Phi) is 5.27. The van der Waals surface area contributed by atoms with Crippen molar-refractivity contribution in [1.29, 1.82) is 0 Å². The van der Waals surface area contributed by atoms with Crippen LogP contribution in [0.2, 0.25) is 0 Å². The van der Waals surface area contributed by atoms with Gasteiger partial charge in [0.15, 0.2) is 6.61 Å². The first-order chi connectivity index (χ1) is 9.87.